The third kappa shape index (κ3) is 5.06. The van der Waals surface area contributed by atoms with E-state index in [-0.39, 0.29) is 21.5 Å². The van der Waals surface area contributed by atoms with Crippen LogP contribution in [-0.2, 0) is 16.3 Å². The van der Waals surface area contributed by atoms with Crippen LogP contribution in [0.5, 0.6) is 0 Å². The van der Waals surface area contributed by atoms with Gasteiger partial charge in [-0.25, -0.2) is 8.42 Å². The molecule has 1 N–H and O–H groups in total. The summed E-state index contributed by atoms with van der Waals surface area (Å²) in [6.07, 6.45) is 1.75. The second kappa shape index (κ2) is 7.68. The molecule has 2 rings (SSSR count). The lowest BCUT2D eigenvalue weighted by atomic mass is 10.1. The number of sulfone groups is 1. The Morgan fingerprint density at radius 3 is 2.42 bits per heavy atom. The van der Waals surface area contributed by atoms with Gasteiger partial charge in [-0.3, -0.25) is 4.79 Å². The summed E-state index contributed by atoms with van der Waals surface area (Å²) in [5, 5.41) is 3.07. The van der Waals surface area contributed by atoms with Crippen LogP contribution < -0.4 is 5.32 Å². The molecule has 0 fully saturated rings. The van der Waals surface area contributed by atoms with Gasteiger partial charge in [-0.15, -0.1) is 0 Å². The number of rotatable bonds is 5. The van der Waals surface area contributed by atoms with Crippen LogP contribution in [0.2, 0.25) is 5.02 Å². The van der Waals surface area contributed by atoms with Crippen LogP contribution in [-0.4, -0.2) is 26.6 Å². The third-order valence-electron chi connectivity index (χ3n) is 3.44. The molecule has 0 saturated heterocycles. The van der Waals surface area contributed by atoms with Gasteiger partial charge in [0.1, 0.15) is 0 Å². The van der Waals surface area contributed by atoms with Crippen LogP contribution in [0.1, 0.15) is 22.8 Å². The second-order valence-electron chi connectivity index (χ2n) is 5.62. The fourth-order valence-electron chi connectivity index (χ4n) is 2.24. The summed E-state index contributed by atoms with van der Waals surface area (Å²) in [5.74, 6) is -0.393. The van der Waals surface area contributed by atoms with E-state index in [9.17, 15) is 13.2 Å². The molecule has 0 aromatic heterocycles. The minimum absolute atomic E-state index is 0.0672. The molecular weight excluding hydrogens is 414 g/mol. The summed E-state index contributed by atoms with van der Waals surface area (Å²) in [6.45, 7) is 1.88. The standard InChI is InChI=1S/C17H17BrClNO3S/c1-11(9-12-3-5-13(18)6-4-12)20-17(21)15-10-14(24(2,22)23)7-8-16(15)19/h3-8,10-11H,9H2,1-2H3,(H,20,21). The number of hydrogen-bond acceptors (Lipinski definition) is 3. The number of hydrogen-bond donors (Lipinski definition) is 1. The Morgan fingerprint density at radius 2 is 1.83 bits per heavy atom. The van der Waals surface area contributed by atoms with Gasteiger partial charge in [0.15, 0.2) is 9.84 Å². The molecule has 4 nitrogen and oxygen atoms in total. The van der Waals surface area contributed by atoms with Crippen molar-refractivity contribution in [3.05, 3.63) is 63.1 Å². The summed E-state index contributed by atoms with van der Waals surface area (Å²) in [5.41, 5.74) is 1.24. The highest BCUT2D eigenvalue weighted by molar-refractivity contribution is 9.10. The summed E-state index contributed by atoms with van der Waals surface area (Å²) < 4.78 is 24.3. The van der Waals surface area contributed by atoms with Gasteiger partial charge in [-0.05, 0) is 49.2 Å². The molecule has 7 heteroatoms. The van der Waals surface area contributed by atoms with Crippen molar-refractivity contribution >= 4 is 43.3 Å². The van der Waals surface area contributed by atoms with E-state index in [0.29, 0.717) is 6.42 Å². The summed E-state index contributed by atoms with van der Waals surface area (Å²) in [6, 6.07) is 11.8. The number of halogens is 2. The van der Waals surface area contributed by atoms with E-state index in [1.54, 1.807) is 0 Å². The molecule has 24 heavy (non-hydrogen) atoms. The average molecular weight is 431 g/mol. The minimum atomic E-state index is -3.40. The first-order valence-corrected chi connectivity index (χ1v) is 10.3. The molecule has 0 aliphatic heterocycles. The van der Waals surface area contributed by atoms with E-state index in [2.05, 4.69) is 21.2 Å². The van der Waals surface area contributed by atoms with Crippen LogP contribution in [0.3, 0.4) is 0 Å². The van der Waals surface area contributed by atoms with Gasteiger partial charge >= 0.3 is 0 Å². The van der Waals surface area contributed by atoms with Crippen molar-refractivity contribution in [2.45, 2.75) is 24.3 Å². The molecule has 0 spiro atoms. The summed E-state index contributed by atoms with van der Waals surface area (Å²) in [4.78, 5) is 12.5. The highest BCUT2D eigenvalue weighted by atomic mass is 79.9. The monoisotopic (exact) mass is 429 g/mol. The van der Waals surface area contributed by atoms with Crippen LogP contribution >= 0.6 is 27.5 Å². The lowest BCUT2D eigenvalue weighted by Gasteiger charge is -2.15. The zero-order valence-corrected chi connectivity index (χ0v) is 16.4. The topological polar surface area (TPSA) is 63.2 Å². The van der Waals surface area contributed by atoms with Crippen molar-refractivity contribution in [1.82, 2.24) is 5.32 Å². The molecule has 0 bridgehead atoms. The quantitative estimate of drug-likeness (QED) is 0.783. The molecule has 1 atom stereocenters. The Bertz CT molecular complexity index is 851. The van der Waals surface area contributed by atoms with E-state index < -0.39 is 15.7 Å². The van der Waals surface area contributed by atoms with Crippen molar-refractivity contribution in [1.29, 1.82) is 0 Å². The molecule has 2 aromatic carbocycles. The normalized spacial score (nSPS) is 12.7. The van der Waals surface area contributed by atoms with Crippen LogP contribution in [0.15, 0.2) is 51.8 Å². The van der Waals surface area contributed by atoms with Crippen molar-refractivity contribution < 1.29 is 13.2 Å². The predicted octanol–water partition coefficient (Wildman–Crippen LogP) is 3.87. The van der Waals surface area contributed by atoms with E-state index in [1.165, 1.54) is 18.2 Å². The van der Waals surface area contributed by atoms with Crippen molar-refractivity contribution in [2.24, 2.45) is 0 Å². The van der Waals surface area contributed by atoms with Crippen molar-refractivity contribution in [3.63, 3.8) is 0 Å². The maximum Gasteiger partial charge on any atom is 0.253 e. The van der Waals surface area contributed by atoms with E-state index in [0.717, 1.165) is 16.3 Å². The molecule has 0 radical (unpaired) electrons. The lowest BCUT2D eigenvalue weighted by Crippen LogP contribution is -2.34. The molecule has 2 aromatic rings. The molecule has 0 aliphatic rings. The summed E-state index contributed by atoms with van der Waals surface area (Å²) in [7, 11) is -3.40. The second-order valence-corrected chi connectivity index (χ2v) is 8.96. The molecule has 1 amide bonds. The zero-order chi connectivity index (χ0) is 17.9. The maximum atomic E-state index is 12.4. The van der Waals surface area contributed by atoms with Crippen LogP contribution in [0, 0.1) is 0 Å². The van der Waals surface area contributed by atoms with Gasteiger partial charge in [0.05, 0.1) is 15.5 Å². The maximum absolute atomic E-state index is 12.4. The van der Waals surface area contributed by atoms with Gasteiger partial charge in [-0.2, -0.15) is 0 Å². The van der Waals surface area contributed by atoms with E-state index in [4.69, 9.17) is 11.6 Å². The molecular formula is C17H17BrClNO3S. The first-order chi connectivity index (χ1) is 11.2. The van der Waals surface area contributed by atoms with E-state index in [1.807, 2.05) is 31.2 Å². The third-order valence-corrected chi connectivity index (χ3v) is 5.41. The first-order valence-electron chi connectivity index (χ1n) is 7.22. The zero-order valence-electron chi connectivity index (χ0n) is 13.2. The number of amides is 1. The Kier molecular flexibility index (Phi) is 6.06. The number of nitrogens with one attached hydrogen (secondary N) is 1. The molecule has 0 heterocycles. The molecule has 0 aliphatic carbocycles. The highest BCUT2D eigenvalue weighted by Crippen LogP contribution is 2.21. The molecule has 0 saturated carbocycles. The Morgan fingerprint density at radius 1 is 1.21 bits per heavy atom. The van der Waals surface area contributed by atoms with Crippen LogP contribution in [0.4, 0.5) is 0 Å². The average Bonchev–Trinajstić information content (AvgIpc) is 2.48. The van der Waals surface area contributed by atoms with Gasteiger partial charge in [0, 0.05) is 16.8 Å². The Labute approximate surface area is 155 Å². The molecule has 1 unspecified atom stereocenters. The highest BCUT2D eigenvalue weighted by Gasteiger charge is 2.17. The summed E-state index contributed by atoms with van der Waals surface area (Å²) >= 11 is 9.42. The lowest BCUT2D eigenvalue weighted by molar-refractivity contribution is 0.0940. The number of carbonyl (C=O) groups is 1. The van der Waals surface area contributed by atoms with Gasteiger partial charge in [0.2, 0.25) is 0 Å². The molecule has 128 valence electrons. The largest absolute Gasteiger partial charge is 0.349 e. The van der Waals surface area contributed by atoms with Crippen LogP contribution in [0.25, 0.3) is 0 Å². The van der Waals surface area contributed by atoms with Crippen molar-refractivity contribution in [3.8, 4) is 0 Å². The van der Waals surface area contributed by atoms with Crippen molar-refractivity contribution in [2.75, 3.05) is 6.26 Å². The Balaban J connectivity index is 2.13. The fraction of sp³-hybridized carbons (Fsp3) is 0.235. The fourth-order valence-corrected chi connectivity index (χ4v) is 3.35. The van der Waals surface area contributed by atoms with Gasteiger partial charge in [0.25, 0.3) is 5.91 Å². The predicted molar refractivity (Wildman–Crippen MR) is 99.3 cm³/mol. The number of benzene rings is 2. The Hall–Kier alpha value is -1.37. The first kappa shape index (κ1) is 19.0. The van der Waals surface area contributed by atoms with E-state index >= 15 is 0 Å². The van der Waals surface area contributed by atoms with Gasteiger partial charge in [-0.1, -0.05) is 39.7 Å². The smallest absolute Gasteiger partial charge is 0.253 e. The van der Waals surface area contributed by atoms with Gasteiger partial charge < -0.3 is 5.32 Å². The minimum Gasteiger partial charge on any atom is -0.349 e. The SMILES string of the molecule is CC(Cc1ccc(Br)cc1)NC(=O)c1cc(S(C)(=O)=O)ccc1Cl. The number of carbonyl (C=O) groups excluding carboxylic acids is 1.